The fraction of sp³-hybridized carbons (Fsp3) is 0.444. The minimum atomic E-state index is -3.60. The summed E-state index contributed by atoms with van der Waals surface area (Å²) in [5.41, 5.74) is -0.0896. The van der Waals surface area contributed by atoms with Crippen molar-refractivity contribution in [1.29, 1.82) is 0 Å². The molecule has 0 heterocycles. The maximum Gasteiger partial charge on any atom is 0.201 e. The molecular weight excluding hydrogens is 380 g/mol. The Kier molecular flexibility index (Phi) is 6.47. The van der Waals surface area contributed by atoms with Crippen LogP contribution in [0.4, 0.5) is 0 Å². The van der Waals surface area contributed by atoms with E-state index in [2.05, 4.69) is 0 Å². The molecule has 1 aromatic rings. The van der Waals surface area contributed by atoms with Crippen LogP contribution in [0.3, 0.4) is 0 Å². The lowest BCUT2D eigenvalue weighted by atomic mass is 9.98. The van der Waals surface area contributed by atoms with Crippen molar-refractivity contribution in [1.82, 2.24) is 0 Å². The Labute approximate surface area is 158 Å². The number of halogens is 1. The van der Waals surface area contributed by atoms with Gasteiger partial charge in [-0.15, -0.1) is 0 Å². The molecule has 1 aliphatic carbocycles. The third kappa shape index (κ3) is 4.45. The van der Waals surface area contributed by atoms with Crippen molar-refractivity contribution in [2.24, 2.45) is 5.92 Å². The quantitative estimate of drug-likeness (QED) is 0.208. The SMILES string of the molecule is CCO/C=C(\C(=O)c1ccc(S(C)(=O)=O)c(OCC)c1Cl)C(=O)C1CC1. The van der Waals surface area contributed by atoms with E-state index in [-0.39, 0.29) is 45.1 Å². The summed E-state index contributed by atoms with van der Waals surface area (Å²) in [4.78, 5) is 25.2. The largest absolute Gasteiger partial charge is 0.501 e. The molecule has 2 rings (SSSR count). The maximum absolute atomic E-state index is 12.9. The molecule has 0 spiro atoms. The molecule has 1 aliphatic rings. The number of carbonyl (C=O) groups excluding carboxylic acids is 2. The molecule has 0 saturated heterocycles. The average Bonchev–Trinajstić information content (AvgIpc) is 3.40. The molecule has 0 unspecified atom stereocenters. The highest BCUT2D eigenvalue weighted by atomic mass is 35.5. The van der Waals surface area contributed by atoms with Gasteiger partial charge in [0.2, 0.25) is 5.78 Å². The monoisotopic (exact) mass is 400 g/mol. The van der Waals surface area contributed by atoms with Gasteiger partial charge in [0.05, 0.1) is 24.5 Å². The Hall–Kier alpha value is -1.86. The van der Waals surface area contributed by atoms with Crippen LogP contribution in [0.5, 0.6) is 5.75 Å². The Balaban J connectivity index is 2.53. The Morgan fingerprint density at radius 2 is 1.88 bits per heavy atom. The van der Waals surface area contributed by atoms with Crippen molar-refractivity contribution in [3.63, 3.8) is 0 Å². The third-order valence-electron chi connectivity index (χ3n) is 3.82. The van der Waals surface area contributed by atoms with Crippen LogP contribution >= 0.6 is 11.6 Å². The molecule has 26 heavy (non-hydrogen) atoms. The summed E-state index contributed by atoms with van der Waals surface area (Å²) in [7, 11) is -3.60. The van der Waals surface area contributed by atoms with Crippen LogP contribution in [0.1, 0.15) is 37.0 Å². The second-order valence-electron chi connectivity index (χ2n) is 5.91. The standard InChI is InChI=1S/C18H21ClO6S/c1-4-24-10-13(16(20)11-6-7-11)17(21)12-8-9-14(26(3,22)23)18(15(12)19)25-5-2/h8-11H,4-7H2,1-3H3/b13-10-. The van der Waals surface area contributed by atoms with Crippen molar-refractivity contribution in [2.75, 3.05) is 19.5 Å². The number of Topliss-reactive ketones (excluding diaryl/α,β-unsaturated/α-hetero) is 2. The summed E-state index contributed by atoms with van der Waals surface area (Å²) in [6.45, 7) is 3.89. The minimum absolute atomic E-state index is 0.00229. The van der Waals surface area contributed by atoms with Gasteiger partial charge in [-0.1, -0.05) is 11.6 Å². The van der Waals surface area contributed by atoms with E-state index in [4.69, 9.17) is 21.1 Å². The molecule has 0 N–H and O–H groups in total. The molecule has 0 aliphatic heterocycles. The molecule has 0 radical (unpaired) electrons. The first-order valence-electron chi connectivity index (χ1n) is 8.28. The van der Waals surface area contributed by atoms with Crippen LogP contribution in [0.15, 0.2) is 28.9 Å². The number of rotatable bonds is 9. The number of ether oxygens (including phenoxy) is 2. The van der Waals surface area contributed by atoms with Gasteiger partial charge >= 0.3 is 0 Å². The van der Waals surface area contributed by atoms with Crippen molar-refractivity contribution in [3.8, 4) is 5.75 Å². The average molecular weight is 401 g/mol. The van der Waals surface area contributed by atoms with Crippen molar-refractivity contribution in [2.45, 2.75) is 31.6 Å². The van der Waals surface area contributed by atoms with E-state index in [1.165, 1.54) is 12.1 Å². The molecular formula is C18H21ClO6S. The van der Waals surface area contributed by atoms with Crippen LogP contribution < -0.4 is 4.74 Å². The summed E-state index contributed by atoms with van der Waals surface area (Å²) < 4.78 is 34.4. The lowest BCUT2D eigenvalue weighted by molar-refractivity contribution is -0.116. The number of allylic oxidation sites excluding steroid dienone is 1. The van der Waals surface area contributed by atoms with E-state index in [1.807, 2.05) is 0 Å². The van der Waals surface area contributed by atoms with Gasteiger partial charge in [-0.25, -0.2) is 8.42 Å². The molecule has 0 bridgehead atoms. The Morgan fingerprint density at radius 1 is 1.23 bits per heavy atom. The van der Waals surface area contributed by atoms with Gasteiger partial charge < -0.3 is 9.47 Å². The Morgan fingerprint density at radius 3 is 2.38 bits per heavy atom. The lowest BCUT2D eigenvalue weighted by Crippen LogP contribution is -2.17. The van der Waals surface area contributed by atoms with E-state index in [0.29, 0.717) is 6.61 Å². The molecule has 0 aromatic heterocycles. The third-order valence-corrected chi connectivity index (χ3v) is 5.32. The molecule has 0 atom stereocenters. The minimum Gasteiger partial charge on any atom is -0.501 e. The summed E-state index contributed by atoms with van der Waals surface area (Å²) in [6.07, 6.45) is 3.66. The summed E-state index contributed by atoms with van der Waals surface area (Å²) in [5.74, 6) is -1.16. The summed E-state index contributed by atoms with van der Waals surface area (Å²) in [6, 6.07) is 2.56. The van der Waals surface area contributed by atoms with Crippen LogP contribution in [-0.4, -0.2) is 39.5 Å². The molecule has 0 amide bonds. The zero-order chi connectivity index (χ0) is 19.5. The highest BCUT2D eigenvalue weighted by molar-refractivity contribution is 7.90. The van der Waals surface area contributed by atoms with E-state index in [0.717, 1.165) is 25.4 Å². The van der Waals surface area contributed by atoms with Gasteiger partial charge in [-0.2, -0.15) is 0 Å². The first-order chi connectivity index (χ1) is 12.2. The first-order valence-corrected chi connectivity index (χ1v) is 10.5. The fourth-order valence-electron chi connectivity index (χ4n) is 2.39. The van der Waals surface area contributed by atoms with Gasteiger partial charge in [-0.3, -0.25) is 9.59 Å². The van der Waals surface area contributed by atoms with Crippen LogP contribution in [0, 0.1) is 5.92 Å². The molecule has 142 valence electrons. The highest BCUT2D eigenvalue weighted by Crippen LogP contribution is 2.38. The van der Waals surface area contributed by atoms with Crippen LogP contribution in [0.2, 0.25) is 5.02 Å². The van der Waals surface area contributed by atoms with Gasteiger partial charge in [0.15, 0.2) is 21.4 Å². The fourth-order valence-corrected chi connectivity index (χ4v) is 3.56. The Bertz CT molecular complexity index is 853. The molecule has 6 nitrogen and oxygen atoms in total. The van der Waals surface area contributed by atoms with Crippen LogP contribution in [-0.2, 0) is 19.4 Å². The number of sulfone groups is 1. The summed E-state index contributed by atoms with van der Waals surface area (Å²) >= 11 is 6.28. The van der Waals surface area contributed by atoms with E-state index < -0.39 is 15.6 Å². The summed E-state index contributed by atoms with van der Waals surface area (Å²) in [5, 5.41) is -0.134. The van der Waals surface area contributed by atoms with E-state index >= 15 is 0 Å². The van der Waals surface area contributed by atoms with Gasteiger partial charge in [0.25, 0.3) is 0 Å². The van der Waals surface area contributed by atoms with Crippen molar-refractivity contribution in [3.05, 3.63) is 34.6 Å². The number of carbonyl (C=O) groups is 2. The molecule has 1 aromatic carbocycles. The number of hydrogen-bond donors (Lipinski definition) is 0. The zero-order valence-corrected chi connectivity index (χ0v) is 16.4. The van der Waals surface area contributed by atoms with Crippen molar-refractivity contribution < 1.29 is 27.5 Å². The predicted octanol–water partition coefficient (Wildman–Crippen LogP) is 3.22. The van der Waals surface area contributed by atoms with E-state index in [1.54, 1.807) is 13.8 Å². The molecule has 8 heteroatoms. The number of hydrogen-bond acceptors (Lipinski definition) is 6. The lowest BCUT2D eigenvalue weighted by Gasteiger charge is -2.14. The first kappa shape index (κ1) is 20.5. The predicted molar refractivity (Wildman–Crippen MR) is 97.5 cm³/mol. The second-order valence-corrected chi connectivity index (χ2v) is 8.28. The zero-order valence-electron chi connectivity index (χ0n) is 14.9. The van der Waals surface area contributed by atoms with Gasteiger partial charge in [-0.05, 0) is 38.8 Å². The van der Waals surface area contributed by atoms with Gasteiger partial charge in [0.1, 0.15) is 10.5 Å². The van der Waals surface area contributed by atoms with Gasteiger partial charge in [0, 0.05) is 17.7 Å². The maximum atomic E-state index is 12.9. The normalized spacial score (nSPS) is 14.8. The topological polar surface area (TPSA) is 86.7 Å². The second kappa shape index (κ2) is 8.22. The number of benzene rings is 1. The number of ketones is 2. The van der Waals surface area contributed by atoms with E-state index in [9.17, 15) is 18.0 Å². The highest BCUT2D eigenvalue weighted by Gasteiger charge is 2.36. The smallest absolute Gasteiger partial charge is 0.201 e. The van der Waals surface area contributed by atoms with Crippen LogP contribution in [0.25, 0.3) is 0 Å². The molecule has 1 fully saturated rings. The molecule has 1 saturated carbocycles. The van der Waals surface area contributed by atoms with Crippen molar-refractivity contribution >= 4 is 33.0 Å².